The zero-order chi connectivity index (χ0) is 13.2. The van der Waals surface area contributed by atoms with Crippen LogP contribution in [0, 0.1) is 11.3 Å². The lowest BCUT2D eigenvalue weighted by Gasteiger charge is -2.34. The number of hydrogen-bond donors (Lipinski definition) is 1. The first kappa shape index (κ1) is 14.5. The van der Waals surface area contributed by atoms with Gasteiger partial charge in [-0.2, -0.15) is 0 Å². The van der Waals surface area contributed by atoms with Gasteiger partial charge in [0.2, 0.25) is 0 Å². The monoisotopic (exact) mass is 329 g/mol. The maximum absolute atomic E-state index is 3.79. The normalized spacial score (nSPS) is 24.3. The minimum atomic E-state index is 0.474. The van der Waals surface area contributed by atoms with Crippen molar-refractivity contribution in [1.82, 2.24) is 5.32 Å². The molecule has 1 aliphatic rings. The van der Waals surface area contributed by atoms with E-state index in [2.05, 4.69) is 54.2 Å². The Hall–Kier alpha value is 0.140. The lowest BCUT2D eigenvalue weighted by atomic mass is 9.77. The molecule has 0 aromatic carbocycles. The Bertz CT molecular complexity index is 386. The van der Waals surface area contributed by atoms with Crippen molar-refractivity contribution in [2.75, 3.05) is 6.54 Å². The van der Waals surface area contributed by atoms with Crippen LogP contribution < -0.4 is 5.32 Å². The smallest absolute Gasteiger partial charge is 0.0701 e. The number of thiophene rings is 1. The van der Waals surface area contributed by atoms with Crippen molar-refractivity contribution < 1.29 is 0 Å². The quantitative estimate of drug-likeness (QED) is 0.764. The molecule has 0 amide bonds. The zero-order valence-corrected chi connectivity index (χ0v) is 14.0. The summed E-state index contributed by atoms with van der Waals surface area (Å²) in [4.78, 5) is 1.50. The molecule has 0 radical (unpaired) electrons. The fraction of sp³-hybridized carbons (Fsp3) is 0.733. The molecule has 2 atom stereocenters. The molecule has 1 saturated carbocycles. The average Bonchev–Trinajstić information content (AvgIpc) is 2.87. The van der Waals surface area contributed by atoms with Crippen LogP contribution in [0.5, 0.6) is 0 Å². The fourth-order valence-electron chi connectivity index (χ4n) is 3.21. The van der Waals surface area contributed by atoms with Gasteiger partial charge in [0.15, 0.2) is 0 Å². The van der Waals surface area contributed by atoms with Gasteiger partial charge in [0.25, 0.3) is 0 Å². The van der Waals surface area contributed by atoms with E-state index in [0.717, 1.165) is 12.5 Å². The Labute approximate surface area is 123 Å². The number of nitrogens with one attached hydrogen (secondary N) is 1. The van der Waals surface area contributed by atoms with Crippen LogP contribution in [0.25, 0.3) is 0 Å². The van der Waals surface area contributed by atoms with E-state index in [0.29, 0.717) is 11.5 Å². The van der Waals surface area contributed by atoms with Gasteiger partial charge in [0.05, 0.1) is 3.79 Å². The van der Waals surface area contributed by atoms with Crippen molar-refractivity contribution in [3.63, 3.8) is 0 Å². The summed E-state index contributed by atoms with van der Waals surface area (Å²) in [6, 6.07) is 5.01. The standard InChI is InChI=1S/C15H24BrNS/c1-4-10-17-14(12-7-8-13(16)18-12)11-6-5-9-15(11,2)3/h7-8,11,14,17H,4-6,9-10H2,1-3H3. The van der Waals surface area contributed by atoms with Crippen LogP contribution in [-0.2, 0) is 0 Å². The lowest BCUT2D eigenvalue weighted by Crippen LogP contribution is -2.33. The van der Waals surface area contributed by atoms with Gasteiger partial charge in [-0.1, -0.05) is 27.2 Å². The molecule has 0 saturated heterocycles. The molecule has 1 aromatic rings. The first-order valence-electron chi connectivity index (χ1n) is 7.03. The van der Waals surface area contributed by atoms with Crippen LogP contribution >= 0.6 is 27.3 Å². The molecule has 102 valence electrons. The molecule has 1 nitrogen and oxygen atoms in total. The second-order valence-corrected chi connectivity index (χ2v) is 8.56. The predicted octanol–water partition coefficient (Wildman–Crippen LogP) is 5.38. The lowest BCUT2D eigenvalue weighted by molar-refractivity contribution is 0.200. The fourth-order valence-corrected chi connectivity index (χ4v) is 4.77. The summed E-state index contributed by atoms with van der Waals surface area (Å²) < 4.78 is 1.25. The Morgan fingerprint density at radius 2 is 2.28 bits per heavy atom. The second-order valence-electron chi connectivity index (χ2n) is 6.06. The summed E-state index contributed by atoms with van der Waals surface area (Å²) in [6.07, 6.45) is 5.32. The van der Waals surface area contributed by atoms with Gasteiger partial charge in [-0.15, -0.1) is 11.3 Å². The van der Waals surface area contributed by atoms with Crippen LogP contribution in [0.2, 0.25) is 0 Å². The predicted molar refractivity (Wildman–Crippen MR) is 84.2 cm³/mol. The SMILES string of the molecule is CCCNC(c1ccc(Br)s1)C1CCCC1(C)C. The third-order valence-electron chi connectivity index (χ3n) is 4.26. The molecule has 18 heavy (non-hydrogen) atoms. The molecule has 0 spiro atoms. The van der Waals surface area contributed by atoms with E-state index in [9.17, 15) is 0 Å². The summed E-state index contributed by atoms with van der Waals surface area (Å²) in [5.41, 5.74) is 0.474. The molecule has 1 heterocycles. The molecule has 1 aromatic heterocycles. The Balaban J connectivity index is 2.19. The summed E-state index contributed by atoms with van der Waals surface area (Å²) in [6.45, 7) is 8.24. The largest absolute Gasteiger partial charge is 0.309 e. The van der Waals surface area contributed by atoms with Crippen molar-refractivity contribution in [3.8, 4) is 0 Å². The summed E-state index contributed by atoms with van der Waals surface area (Å²) in [5.74, 6) is 0.773. The Morgan fingerprint density at radius 3 is 2.78 bits per heavy atom. The van der Waals surface area contributed by atoms with Gasteiger partial charge >= 0.3 is 0 Å². The van der Waals surface area contributed by atoms with Crippen LogP contribution in [0.1, 0.15) is 57.4 Å². The minimum Gasteiger partial charge on any atom is -0.309 e. The molecular formula is C15H24BrNS. The van der Waals surface area contributed by atoms with Crippen LogP contribution in [0.3, 0.4) is 0 Å². The highest BCUT2D eigenvalue weighted by Gasteiger charge is 2.40. The van der Waals surface area contributed by atoms with Gasteiger partial charge < -0.3 is 5.32 Å². The number of halogens is 1. The van der Waals surface area contributed by atoms with Gasteiger partial charge in [0.1, 0.15) is 0 Å². The molecule has 1 aliphatic carbocycles. The number of rotatable bonds is 5. The van der Waals surface area contributed by atoms with E-state index in [1.54, 1.807) is 0 Å². The van der Waals surface area contributed by atoms with Crippen LogP contribution in [0.4, 0.5) is 0 Å². The van der Waals surface area contributed by atoms with E-state index in [-0.39, 0.29) is 0 Å². The van der Waals surface area contributed by atoms with Crippen molar-refractivity contribution in [2.24, 2.45) is 11.3 Å². The van der Waals surface area contributed by atoms with Gasteiger partial charge in [-0.25, -0.2) is 0 Å². The summed E-state index contributed by atoms with van der Waals surface area (Å²) >= 11 is 5.48. The molecule has 0 bridgehead atoms. The minimum absolute atomic E-state index is 0.474. The topological polar surface area (TPSA) is 12.0 Å². The van der Waals surface area contributed by atoms with Crippen molar-refractivity contribution >= 4 is 27.3 Å². The highest BCUT2D eigenvalue weighted by molar-refractivity contribution is 9.11. The third-order valence-corrected chi connectivity index (χ3v) is 5.96. The molecule has 0 aliphatic heterocycles. The summed E-state index contributed by atoms with van der Waals surface area (Å²) in [5, 5.41) is 3.79. The first-order chi connectivity index (χ1) is 8.54. The van der Waals surface area contributed by atoms with Crippen molar-refractivity contribution in [1.29, 1.82) is 0 Å². The Kier molecular flexibility index (Phi) is 4.90. The second kappa shape index (κ2) is 6.06. The molecule has 1 N–H and O–H groups in total. The maximum Gasteiger partial charge on any atom is 0.0701 e. The molecule has 2 unspecified atom stereocenters. The van der Waals surface area contributed by atoms with Gasteiger partial charge in [-0.3, -0.25) is 0 Å². The highest BCUT2D eigenvalue weighted by Crippen LogP contribution is 2.49. The van der Waals surface area contributed by atoms with E-state index in [1.807, 2.05) is 11.3 Å². The number of hydrogen-bond acceptors (Lipinski definition) is 2. The molecule has 2 rings (SSSR count). The van der Waals surface area contributed by atoms with E-state index < -0.39 is 0 Å². The van der Waals surface area contributed by atoms with Gasteiger partial charge in [0, 0.05) is 10.9 Å². The van der Waals surface area contributed by atoms with Gasteiger partial charge in [-0.05, 0) is 65.2 Å². The van der Waals surface area contributed by atoms with Crippen molar-refractivity contribution in [2.45, 2.75) is 52.5 Å². The Morgan fingerprint density at radius 1 is 1.50 bits per heavy atom. The zero-order valence-electron chi connectivity index (χ0n) is 11.6. The van der Waals surface area contributed by atoms with E-state index >= 15 is 0 Å². The van der Waals surface area contributed by atoms with E-state index in [4.69, 9.17) is 0 Å². The van der Waals surface area contributed by atoms with Crippen LogP contribution in [0.15, 0.2) is 15.9 Å². The molecule has 3 heteroatoms. The van der Waals surface area contributed by atoms with Crippen LogP contribution in [-0.4, -0.2) is 6.54 Å². The highest BCUT2D eigenvalue weighted by atomic mass is 79.9. The maximum atomic E-state index is 3.79. The summed E-state index contributed by atoms with van der Waals surface area (Å²) in [7, 11) is 0. The van der Waals surface area contributed by atoms with E-state index in [1.165, 1.54) is 34.3 Å². The molecular weight excluding hydrogens is 306 g/mol. The van der Waals surface area contributed by atoms with Crippen molar-refractivity contribution in [3.05, 3.63) is 20.8 Å². The first-order valence-corrected chi connectivity index (χ1v) is 8.64. The molecule has 1 fully saturated rings. The third kappa shape index (κ3) is 3.17. The average molecular weight is 330 g/mol.